The summed E-state index contributed by atoms with van der Waals surface area (Å²) in [5.74, 6) is -0.354. The number of rotatable bonds is 35. The van der Waals surface area contributed by atoms with E-state index in [0.29, 0.717) is 32.4 Å². The molecule has 1 heterocycles. The van der Waals surface area contributed by atoms with Gasteiger partial charge in [0.15, 0.2) is 0 Å². The van der Waals surface area contributed by atoms with Gasteiger partial charge >= 0.3 is 5.97 Å². The lowest BCUT2D eigenvalue weighted by Crippen LogP contribution is -2.42. The molecule has 0 bridgehead atoms. The maximum atomic E-state index is 13.3. The number of hydrogen-bond donors (Lipinski definition) is 2. The Hall–Kier alpha value is -2.67. The van der Waals surface area contributed by atoms with E-state index in [4.69, 9.17) is 4.74 Å². The molecule has 1 rings (SSSR count). The standard InChI is InChI=1S/C46H81N3O4/c1-4-6-8-10-12-14-16-18-20-22-24-26-28-30-32-34-39-53-46(52)43-40-42(48-44(50)36-35-38-47-3)41-49(43)45(51)37-33-31-29-27-25-23-21-19-17-15-13-11-9-7-5-2/h12-15,18-21,42-43,47H,4-11,16-17,22-41H2,1-3H3,(H,48,50)/b14-12-,15-13-,20-18-,21-19-. The largest absolute Gasteiger partial charge is 0.464 e. The van der Waals surface area contributed by atoms with E-state index in [9.17, 15) is 14.4 Å². The van der Waals surface area contributed by atoms with Crippen molar-refractivity contribution in [2.24, 2.45) is 0 Å². The van der Waals surface area contributed by atoms with Gasteiger partial charge < -0.3 is 20.3 Å². The lowest BCUT2D eigenvalue weighted by Gasteiger charge is -2.23. The van der Waals surface area contributed by atoms with Gasteiger partial charge in [-0.1, -0.05) is 133 Å². The Morgan fingerprint density at radius 1 is 0.604 bits per heavy atom. The molecule has 0 aromatic carbocycles. The lowest BCUT2D eigenvalue weighted by molar-refractivity contribution is -0.153. The highest BCUT2D eigenvalue weighted by molar-refractivity contribution is 5.86. The minimum absolute atomic E-state index is 0.00159. The maximum Gasteiger partial charge on any atom is 0.328 e. The number of hydrogen-bond acceptors (Lipinski definition) is 5. The molecule has 2 unspecified atom stereocenters. The third kappa shape index (κ3) is 28.4. The molecule has 0 aromatic rings. The van der Waals surface area contributed by atoms with E-state index in [-0.39, 0.29) is 23.8 Å². The molecule has 0 aliphatic carbocycles. The van der Waals surface area contributed by atoms with Crippen molar-refractivity contribution in [3.63, 3.8) is 0 Å². The van der Waals surface area contributed by atoms with Gasteiger partial charge in [0, 0.05) is 31.8 Å². The van der Waals surface area contributed by atoms with Crippen molar-refractivity contribution in [3.05, 3.63) is 48.6 Å². The third-order valence-electron chi connectivity index (χ3n) is 10.0. The Bertz CT molecular complexity index is 1020. The number of nitrogens with zero attached hydrogens (tertiary/aromatic N) is 1. The van der Waals surface area contributed by atoms with Gasteiger partial charge in [-0.15, -0.1) is 0 Å². The molecule has 0 spiro atoms. The number of allylic oxidation sites excluding steroid dienone is 8. The van der Waals surface area contributed by atoms with E-state index in [1.54, 1.807) is 4.90 Å². The number of ether oxygens (including phenoxy) is 1. The summed E-state index contributed by atoms with van der Waals surface area (Å²) < 4.78 is 5.71. The van der Waals surface area contributed by atoms with Gasteiger partial charge in [-0.25, -0.2) is 4.79 Å². The number of carbonyl (C=O) groups excluding carboxylic acids is 3. The molecule has 1 aliphatic heterocycles. The Morgan fingerprint density at radius 2 is 1.09 bits per heavy atom. The molecule has 53 heavy (non-hydrogen) atoms. The topological polar surface area (TPSA) is 87.7 Å². The molecule has 2 amide bonds. The molecule has 7 nitrogen and oxygen atoms in total. The van der Waals surface area contributed by atoms with Crippen LogP contribution in [0, 0.1) is 0 Å². The Kier molecular flexibility index (Phi) is 33.1. The van der Waals surface area contributed by atoms with Crippen molar-refractivity contribution in [2.75, 3.05) is 26.7 Å². The Balaban J connectivity index is 2.32. The van der Waals surface area contributed by atoms with E-state index in [1.165, 1.54) is 83.5 Å². The fraction of sp³-hybridized carbons (Fsp3) is 0.761. The van der Waals surface area contributed by atoms with Gasteiger partial charge in [-0.05, 0) is 97.1 Å². The summed E-state index contributed by atoms with van der Waals surface area (Å²) >= 11 is 0. The first kappa shape index (κ1) is 48.3. The van der Waals surface area contributed by atoms with E-state index in [2.05, 4.69) is 73.1 Å². The second-order valence-corrected chi connectivity index (χ2v) is 15.0. The molecular weight excluding hydrogens is 659 g/mol. The number of amides is 2. The Labute approximate surface area is 326 Å². The van der Waals surface area contributed by atoms with Gasteiger partial charge in [-0.3, -0.25) is 9.59 Å². The second kappa shape index (κ2) is 36.3. The molecule has 304 valence electrons. The van der Waals surface area contributed by atoms with Crippen LogP contribution in [0.15, 0.2) is 48.6 Å². The number of likely N-dealkylation sites (tertiary alicyclic amines) is 1. The van der Waals surface area contributed by atoms with Gasteiger partial charge in [0.25, 0.3) is 0 Å². The molecule has 1 aliphatic rings. The summed E-state index contributed by atoms with van der Waals surface area (Å²) in [7, 11) is 1.87. The minimum Gasteiger partial charge on any atom is -0.464 e. The molecule has 0 saturated carbocycles. The zero-order valence-electron chi connectivity index (χ0n) is 34.6. The maximum absolute atomic E-state index is 13.3. The van der Waals surface area contributed by atoms with E-state index in [1.807, 2.05) is 7.05 Å². The fourth-order valence-corrected chi connectivity index (χ4v) is 6.76. The number of nitrogens with one attached hydrogen (secondary N) is 2. The van der Waals surface area contributed by atoms with Crippen molar-refractivity contribution in [1.82, 2.24) is 15.5 Å². The normalized spacial score (nSPS) is 16.2. The van der Waals surface area contributed by atoms with Crippen LogP contribution >= 0.6 is 0 Å². The van der Waals surface area contributed by atoms with Gasteiger partial charge in [-0.2, -0.15) is 0 Å². The molecule has 2 N–H and O–H groups in total. The average molecular weight is 740 g/mol. The zero-order valence-corrected chi connectivity index (χ0v) is 34.6. The van der Waals surface area contributed by atoms with E-state index < -0.39 is 6.04 Å². The van der Waals surface area contributed by atoms with Crippen molar-refractivity contribution >= 4 is 17.8 Å². The smallest absolute Gasteiger partial charge is 0.328 e. The van der Waals surface area contributed by atoms with Crippen LogP contribution < -0.4 is 10.6 Å². The molecule has 1 fully saturated rings. The third-order valence-corrected chi connectivity index (χ3v) is 10.0. The van der Waals surface area contributed by atoms with Crippen molar-refractivity contribution in [2.45, 2.75) is 199 Å². The van der Waals surface area contributed by atoms with Crippen molar-refractivity contribution in [3.8, 4) is 0 Å². The van der Waals surface area contributed by atoms with Gasteiger partial charge in [0.2, 0.25) is 11.8 Å². The van der Waals surface area contributed by atoms with Crippen LogP contribution in [0.4, 0.5) is 0 Å². The van der Waals surface area contributed by atoms with Crippen LogP contribution in [0.25, 0.3) is 0 Å². The summed E-state index contributed by atoms with van der Waals surface area (Å²) in [6.07, 6.45) is 46.8. The van der Waals surface area contributed by atoms with Crippen LogP contribution in [-0.4, -0.2) is 61.5 Å². The highest BCUT2D eigenvalue weighted by Crippen LogP contribution is 2.22. The zero-order chi connectivity index (χ0) is 38.5. The second-order valence-electron chi connectivity index (χ2n) is 15.0. The van der Waals surface area contributed by atoms with Crippen LogP contribution in [-0.2, 0) is 19.1 Å². The first-order valence-electron chi connectivity index (χ1n) is 22.0. The lowest BCUT2D eigenvalue weighted by atomic mass is 10.1. The van der Waals surface area contributed by atoms with Gasteiger partial charge in [0.05, 0.1) is 6.61 Å². The SMILES string of the molecule is CCCCC/C=C\C/C=C\CCCCCCCCOC(=O)C1CC(NC(=O)CCCNC)CN1C(=O)CCCCCCC/C=C\C/C=C\CCCCC. The molecule has 1 saturated heterocycles. The highest BCUT2D eigenvalue weighted by Gasteiger charge is 2.40. The van der Waals surface area contributed by atoms with Crippen LogP contribution in [0.1, 0.15) is 187 Å². The van der Waals surface area contributed by atoms with E-state index in [0.717, 1.165) is 77.2 Å². The van der Waals surface area contributed by atoms with Crippen molar-refractivity contribution < 1.29 is 19.1 Å². The van der Waals surface area contributed by atoms with E-state index >= 15 is 0 Å². The number of unbranched alkanes of at least 4 members (excludes halogenated alkanes) is 17. The molecule has 0 radical (unpaired) electrons. The first-order chi connectivity index (χ1) is 26.0. The fourth-order valence-electron chi connectivity index (χ4n) is 6.76. The predicted molar refractivity (Wildman–Crippen MR) is 225 cm³/mol. The summed E-state index contributed by atoms with van der Waals surface area (Å²) in [5, 5.41) is 6.14. The van der Waals surface area contributed by atoms with Crippen LogP contribution in [0.3, 0.4) is 0 Å². The number of esters is 1. The summed E-state index contributed by atoms with van der Waals surface area (Å²) in [4.78, 5) is 40.8. The highest BCUT2D eigenvalue weighted by atomic mass is 16.5. The van der Waals surface area contributed by atoms with Crippen molar-refractivity contribution in [1.29, 1.82) is 0 Å². The summed E-state index contributed by atoms with van der Waals surface area (Å²) in [6.45, 7) is 6.02. The summed E-state index contributed by atoms with van der Waals surface area (Å²) in [5.41, 5.74) is 0. The van der Waals surface area contributed by atoms with Gasteiger partial charge in [0.1, 0.15) is 6.04 Å². The minimum atomic E-state index is -0.618. The first-order valence-corrected chi connectivity index (χ1v) is 22.0. The van der Waals surface area contributed by atoms with Crippen LogP contribution in [0.2, 0.25) is 0 Å². The monoisotopic (exact) mass is 740 g/mol. The molecule has 2 atom stereocenters. The molecular formula is C46H81N3O4. The molecule has 0 aromatic heterocycles. The Morgan fingerprint density at radius 3 is 1.62 bits per heavy atom. The average Bonchev–Trinajstić information content (AvgIpc) is 3.58. The quantitative estimate of drug-likeness (QED) is 0.0384. The molecule has 7 heteroatoms. The number of carbonyl (C=O) groups is 3. The van der Waals surface area contributed by atoms with Crippen LogP contribution in [0.5, 0.6) is 0 Å². The predicted octanol–water partition coefficient (Wildman–Crippen LogP) is 11.2. The summed E-state index contributed by atoms with van der Waals surface area (Å²) in [6, 6.07) is -0.835.